The molecule has 0 radical (unpaired) electrons. The third-order valence-electron chi connectivity index (χ3n) is 3.88. The van der Waals surface area contributed by atoms with Crippen molar-refractivity contribution in [2.75, 3.05) is 6.54 Å². The van der Waals surface area contributed by atoms with Crippen LogP contribution in [0.1, 0.15) is 26.4 Å². The molecule has 2 heterocycles. The Labute approximate surface area is 151 Å². The molecule has 0 bridgehead atoms. The van der Waals surface area contributed by atoms with Crippen LogP contribution in [0.5, 0.6) is 0 Å². The predicted octanol–water partition coefficient (Wildman–Crippen LogP) is 3.90. The molecule has 1 aromatic carbocycles. The van der Waals surface area contributed by atoms with Crippen molar-refractivity contribution in [2.24, 2.45) is 0 Å². The number of benzene rings is 1. The Morgan fingerprint density at radius 1 is 1.12 bits per heavy atom. The highest BCUT2D eigenvalue weighted by Crippen LogP contribution is 2.20. The summed E-state index contributed by atoms with van der Waals surface area (Å²) in [7, 11) is 0. The average molecular weight is 347 g/mol. The number of aromatic nitrogens is 1. The van der Waals surface area contributed by atoms with Gasteiger partial charge in [0.05, 0.1) is 5.56 Å². The van der Waals surface area contributed by atoms with E-state index in [1.165, 1.54) is 16.9 Å². The molecule has 0 atom stereocenters. The lowest BCUT2D eigenvalue weighted by Crippen LogP contribution is -2.32. The van der Waals surface area contributed by atoms with Crippen LogP contribution < -0.4 is 0 Å². The molecular weight excluding hydrogens is 330 g/mol. The van der Waals surface area contributed by atoms with Crippen molar-refractivity contribution < 1.29 is 4.79 Å². The van der Waals surface area contributed by atoms with Crippen molar-refractivity contribution in [3.8, 4) is 6.07 Å². The van der Waals surface area contributed by atoms with E-state index in [2.05, 4.69) is 23.2 Å². The maximum atomic E-state index is 13.0. The lowest BCUT2D eigenvalue weighted by molar-refractivity contribution is 0.0749. The first-order valence-corrected chi connectivity index (χ1v) is 8.85. The normalized spacial score (nSPS) is 10.2. The molecule has 2 aromatic heterocycles. The fourth-order valence-electron chi connectivity index (χ4n) is 2.58. The van der Waals surface area contributed by atoms with E-state index in [1.807, 2.05) is 30.3 Å². The van der Waals surface area contributed by atoms with E-state index < -0.39 is 0 Å². The van der Waals surface area contributed by atoms with E-state index >= 15 is 0 Å². The summed E-state index contributed by atoms with van der Waals surface area (Å²) in [4.78, 5) is 19.4. The molecule has 0 spiro atoms. The Kier molecular flexibility index (Phi) is 5.55. The average Bonchev–Trinajstić information content (AvgIpc) is 3.15. The molecular formula is C20H17N3OS. The van der Waals surface area contributed by atoms with Gasteiger partial charge in [-0.3, -0.25) is 9.78 Å². The van der Waals surface area contributed by atoms with Crippen LogP contribution in [0.15, 0.2) is 66.3 Å². The fourth-order valence-corrected chi connectivity index (χ4v) is 3.39. The van der Waals surface area contributed by atoms with Crippen LogP contribution in [0.4, 0.5) is 0 Å². The van der Waals surface area contributed by atoms with Crippen molar-refractivity contribution >= 4 is 17.2 Å². The second-order valence-electron chi connectivity index (χ2n) is 5.60. The zero-order valence-corrected chi connectivity index (χ0v) is 14.4. The van der Waals surface area contributed by atoms with Crippen molar-refractivity contribution in [1.82, 2.24) is 9.88 Å². The molecule has 4 nitrogen and oxygen atoms in total. The molecule has 124 valence electrons. The van der Waals surface area contributed by atoms with Gasteiger partial charge in [-0.15, -0.1) is 11.3 Å². The van der Waals surface area contributed by atoms with Crippen molar-refractivity contribution in [3.63, 3.8) is 0 Å². The first-order chi connectivity index (χ1) is 12.3. The monoisotopic (exact) mass is 347 g/mol. The highest BCUT2D eigenvalue weighted by atomic mass is 32.1. The Hall–Kier alpha value is -2.97. The van der Waals surface area contributed by atoms with E-state index in [4.69, 9.17) is 0 Å². The van der Waals surface area contributed by atoms with Crippen LogP contribution >= 0.6 is 11.3 Å². The second-order valence-corrected chi connectivity index (χ2v) is 6.51. The van der Waals surface area contributed by atoms with Gasteiger partial charge in [0, 0.05) is 25.5 Å². The Morgan fingerprint density at radius 3 is 2.64 bits per heavy atom. The minimum Gasteiger partial charge on any atom is -0.333 e. The van der Waals surface area contributed by atoms with E-state index in [9.17, 15) is 10.1 Å². The van der Waals surface area contributed by atoms with Gasteiger partial charge in [-0.1, -0.05) is 36.4 Å². The summed E-state index contributed by atoms with van der Waals surface area (Å²) in [6.45, 7) is 1.06. The first kappa shape index (κ1) is 16.9. The van der Waals surface area contributed by atoms with Crippen LogP contribution in [0.3, 0.4) is 0 Å². The first-order valence-electron chi connectivity index (χ1n) is 7.97. The molecule has 0 saturated heterocycles. The van der Waals surface area contributed by atoms with Gasteiger partial charge in [-0.25, -0.2) is 0 Å². The number of amides is 1. The standard InChI is InChI=1S/C20H17N3OS/c21-13-18-9-12-25-19(18)20(24)23(15-17-7-4-10-22-14-17)11-8-16-5-2-1-3-6-16/h1-7,9-10,12,14H,8,11,15H2. The molecule has 25 heavy (non-hydrogen) atoms. The molecule has 0 aliphatic heterocycles. The third-order valence-corrected chi connectivity index (χ3v) is 4.78. The highest BCUT2D eigenvalue weighted by molar-refractivity contribution is 7.12. The number of rotatable bonds is 6. The number of pyridine rings is 1. The highest BCUT2D eigenvalue weighted by Gasteiger charge is 2.20. The van der Waals surface area contributed by atoms with Gasteiger partial charge in [0.25, 0.3) is 5.91 Å². The number of hydrogen-bond acceptors (Lipinski definition) is 4. The maximum Gasteiger partial charge on any atom is 0.265 e. The molecule has 0 N–H and O–H groups in total. The topological polar surface area (TPSA) is 57.0 Å². The molecule has 0 saturated carbocycles. The van der Waals surface area contributed by atoms with Gasteiger partial charge >= 0.3 is 0 Å². The van der Waals surface area contributed by atoms with Gasteiger partial charge in [0.1, 0.15) is 10.9 Å². The lowest BCUT2D eigenvalue weighted by atomic mass is 10.1. The third kappa shape index (κ3) is 4.31. The smallest absolute Gasteiger partial charge is 0.265 e. The van der Waals surface area contributed by atoms with Gasteiger partial charge in [0.15, 0.2) is 0 Å². The zero-order chi connectivity index (χ0) is 17.5. The Bertz CT molecular complexity index is 869. The minimum atomic E-state index is -0.105. The van der Waals surface area contributed by atoms with Crippen LogP contribution in [0.25, 0.3) is 0 Å². The van der Waals surface area contributed by atoms with Gasteiger partial charge in [0.2, 0.25) is 0 Å². The maximum absolute atomic E-state index is 13.0. The summed E-state index contributed by atoms with van der Waals surface area (Å²) < 4.78 is 0. The number of hydrogen-bond donors (Lipinski definition) is 0. The molecule has 0 aliphatic carbocycles. The number of nitrogens with zero attached hydrogens (tertiary/aromatic N) is 3. The van der Waals surface area contributed by atoms with Gasteiger partial charge in [-0.05, 0) is 35.1 Å². The molecule has 5 heteroatoms. The van der Waals surface area contributed by atoms with Crippen molar-refractivity contribution in [1.29, 1.82) is 5.26 Å². The lowest BCUT2D eigenvalue weighted by Gasteiger charge is -2.22. The van der Waals surface area contributed by atoms with Gasteiger partial charge < -0.3 is 4.90 Å². The summed E-state index contributed by atoms with van der Waals surface area (Å²) in [5.74, 6) is -0.105. The van der Waals surface area contributed by atoms with Crippen LogP contribution in [0, 0.1) is 11.3 Å². The van der Waals surface area contributed by atoms with E-state index in [0.29, 0.717) is 23.5 Å². The Balaban J connectivity index is 1.81. The quantitative estimate of drug-likeness (QED) is 0.679. The number of nitriles is 1. The van der Waals surface area contributed by atoms with Crippen molar-refractivity contribution in [3.05, 3.63) is 87.9 Å². The summed E-state index contributed by atoms with van der Waals surface area (Å²) in [6, 6.07) is 17.7. The van der Waals surface area contributed by atoms with Crippen LogP contribution in [-0.2, 0) is 13.0 Å². The largest absolute Gasteiger partial charge is 0.333 e. The summed E-state index contributed by atoms with van der Waals surface area (Å²) in [5, 5.41) is 11.0. The second kappa shape index (κ2) is 8.22. The van der Waals surface area contributed by atoms with E-state index in [1.54, 1.807) is 28.7 Å². The number of thiophene rings is 1. The number of carbonyl (C=O) groups is 1. The summed E-state index contributed by atoms with van der Waals surface area (Å²) >= 11 is 1.31. The van der Waals surface area contributed by atoms with Crippen molar-refractivity contribution in [2.45, 2.75) is 13.0 Å². The summed E-state index contributed by atoms with van der Waals surface area (Å²) in [5.41, 5.74) is 2.59. The minimum absolute atomic E-state index is 0.105. The van der Waals surface area contributed by atoms with E-state index in [-0.39, 0.29) is 5.91 Å². The fraction of sp³-hybridized carbons (Fsp3) is 0.150. The molecule has 0 fully saturated rings. The molecule has 0 unspecified atom stereocenters. The van der Waals surface area contributed by atoms with Gasteiger partial charge in [-0.2, -0.15) is 5.26 Å². The van der Waals surface area contributed by atoms with E-state index in [0.717, 1.165) is 12.0 Å². The van der Waals surface area contributed by atoms with Crippen LogP contribution in [-0.4, -0.2) is 22.3 Å². The zero-order valence-electron chi connectivity index (χ0n) is 13.6. The van der Waals surface area contributed by atoms with Crippen LogP contribution in [0.2, 0.25) is 0 Å². The Morgan fingerprint density at radius 2 is 1.92 bits per heavy atom. The molecule has 1 amide bonds. The molecule has 3 aromatic rings. The number of carbonyl (C=O) groups excluding carboxylic acids is 1. The molecule has 3 rings (SSSR count). The predicted molar refractivity (Wildman–Crippen MR) is 98.2 cm³/mol. The SMILES string of the molecule is N#Cc1ccsc1C(=O)N(CCc1ccccc1)Cc1cccnc1. The summed E-state index contributed by atoms with van der Waals surface area (Å²) in [6.07, 6.45) is 4.25. The molecule has 0 aliphatic rings.